The van der Waals surface area contributed by atoms with Crippen molar-refractivity contribution in [3.63, 3.8) is 0 Å². The highest BCUT2D eigenvalue weighted by molar-refractivity contribution is 7.89. The Morgan fingerprint density at radius 3 is 2.53 bits per heavy atom. The summed E-state index contributed by atoms with van der Waals surface area (Å²) in [6.45, 7) is 5.87. The average Bonchev–Trinajstić information content (AvgIpc) is 2.29. The SMILES string of the molecule is CCN(C(C)C)S(=O)(=O)c1cccc(C#N)c1. The molecule has 92 valence electrons. The van der Waals surface area contributed by atoms with Gasteiger partial charge in [0.05, 0.1) is 16.5 Å². The number of rotatable bonds is 4. The van der Waals surface area contributed by atoms with Crippen LogP contribution in [0.4, 0.5) is 0 Å². The lowest BCUT2D eigenvalue weighted by Crippen LogP contribution is -2.36. The van der Waals surface area contributed by atoms with Crippen molar-refractivity contribution in [3.05, 3.63) is 29.8 Å². The summed E-state index contributed by atoms with van der Waals surface area (Å²) in [5.41, 5.74) is 0.353. The van der Waals surface area contributed by atoms with Gasteiger partial charge in [-0.05, 0) is 32.0 Å². The van der Waals surface area contributed by atoms with Gasteiger partial charge < -0.3 is 0 Å². The maximum Gasteiger partial charge on any atom is 0.243 e. The van der Waals surface area contributed by atoms with Gasteiger partial charge >= 0.3 is 0 Å². The van der Waals surface area contributed by atoms with Crippen LogP contribution in [0.25, 0.3) is 0 Å². The summed E-state index contributed by atoms with van der Waals surface area (Å²) < 4.78 is 26.0. The van der Waals surface area contributed by atoms with Gasteiger partial charge in [-0.15, -0.1) is 0 Å². The van der Waals surface area contributed by atoms with Crippen molar-refractivity contribution in [1.29, 1.82) is 5.26 Å². The van der Waals surface area contributed by atoms with Crippen LogP contribution in [0.5, 0.6) is 0 Å². The van der Waals surface area contributed by atoms with Crippen molar-refractivity contribution in [2.45, 2.75) is 31.7 Å². The van der Waals surface area contributed by atoms with Crippen molar-refractivity contribution >= 4 is 10.0 Å². The number of nitriles is 1. The van der Waals surface area contributed by atoms with E-state index in [1.807, 2.05) is 19.9 Å². The molecule has 0 N–H and O–H groups in total. The third kappa shape index (κ3) is 2.84. The van der Waals surface area contributed by atoms with E-state index in [2.05, 4.69) is 0 Å². The summed E-state index contributed by atoms with van der Waals surface area (Å²) in [5.74, 6) is 0. The molecular weight excluding hydrogens is 236 g/mol. The molecule has 0 aromatic heterocycles. The third-order valence-corrected chi connectivity index (χ3v) is 4.60. The van der Waals surface area contributed by atoms with Crippen LogP contribution in [0, 0.1) is 11.3 Å². The smallest absolute Gasteiger partial charge is 0.207 e. The van der Waals surface area contributed by atoms with Gasteiger partial charge in [0.25, 0.3) is 0 Å². The normalized spacial score (nSPS) is 11.8. The van der Waals surface area contributed by atoms with E-state index >= 15 is 0 Å². The molecule has 1 aromatic carbocycles. The fraction of sp³-hybridized carbons (Fsp3) is 0.417. The molecule has 0 saturated heterocycles. The Morgan fingerprint density at radius 2 is 2.06 bits per heavy atom. The van der Waals surface area contributed by atoms with Gasteiger partial charge in [0, 0.05) is 12.6 Å². The number of nitrogens with zero attached hydrogens (tertiary/aromatic N) is 2. The van der Waals surface area contributed by atoms with E-state index in [9.17, 15) is 8.42 Å². The zero-order valence-electron chi connectivity index (χ0n) is 10.2. The van der Waals surface area contributed by atoms with E-state index < -0.39 is 10.0 Å². The number of benzene rings is 1. The lowest BCUT2D eigenvalue weighted by atomic mass is 10.2. The van der Waals surface area contributed by atoms with Crippen molar-refractivity contribution in [3.8, 4) is 6.07 Å². The van der Waals surface area contributed by atoms with E-state index in [1.165, 1.54) is 16.4 Å². The highest BCUT2D eigenvalue weighted by Crippen LogP contribution is 2.18. The molecule has 0 fully saturated rings. The van der Waals surface area contributed by atoms with Gasteiger partial charge in [-0.2, -0.15) is 9.57 Å². The van der Waals surface area contributed by atoms with Gasteiger partial charge in [0.15, 0.2) is 0 Å². The summed E-state index contributed by atoms with van der Waals surface area (Å²) in [4.78, 5) is 0.173. The maximum absolute atomic E-state index is 12.3. The Hall–Kier alpha value is -1.38. The largest absolute Gasteiger partial charge is 0.243 e. The standard InChI is InChI=1S/C12H16N2O2S/c1-4-14(10(2)3)17(15,16)12-7-5-6-11(8-12)9-13/h5-8,10H,4H2,1-3H3. The van der Waals surface area contributed by atoms with E-state index in [-0.39, 0.29) is 10.9 Å². The molecule has 0 amide bonds. The first-order chi connectivity index (χ1) is 7.93. The minimum absolute atomic E-state index is 0.101. The van der Waals surface area contributed by atoms with Crippen LogP contribution in [-0.4, -0.2) is 25.3 Å². The van der Waals surface area contributed by atoms with Gasteiger partial charge in [-0.25, -0.2) is 8.42 Å². The Morgan fingerprint density at radius 1 is 1.41 bits per heavy atom. The molecule has 0 aliphatic carbocycles. The topological polar surface area (TPSA) is 61.2 Å². The predicted octanol–water partition coefficient (Wildman–Crippen LogP) is 1.98. The van der Waals surface area contributed by atoms with E-state index in [4.69, 9.17) is 5.26 Å². The fourth-order valence-electron chi connectivity index (χ4n) is 1.67. The second kappa shape index (κ2) is 5.30. The third-order valence-electron chi connectivity index (χ3n) is 2.46. The number of hydrogen-bond acceptors (Lipinski definition) is 3. The fourth-order valence-corrected chi connectivity index (χ4v) is 3.37. The quantitative estimate of drug-likeness (QED) is 0.823. The molecule has 4 nitrogen and oxygen atoms in total. The Balaban J connectivity index is 3.26. The molecule has 5 heteroatoms. The van der Waals surface area contributed by atoms with E-state index in [1.54, 1.807) is 19.1 Å². The molecule has 0 radical (unpaired) electrons. The molecule has 1 rings (SSSR count). The van der Waals surface area contributed by atoms with Gasteiger partial charge in [0.1, 0.15) is 0 Å². The molecule has 0 aliphatic rings. The molecule has 0 atom stereocenters. The first-order valence-corrected chi connectivity index (χ1v) is 6.89. The average molecular weight is 252 g/mol. The lowest BCUT2D eigenvalue weighted by Gasteiger charge is -2.24. The predicted molar refractivity (Wildman–Crippen MR) is 65.9 cm³/mol. The molecule has 1 aromatic rings. The molecule has 0 unspecified atom stereocenters. The van der Waals surface area contributed by atoms with E-state index in [0.29, 0.717) is 12.1 Å². The first-order valence-electron chi connectivity index (χ1n) is 5.45. The minimum Gasteiger partial charge on any atom is -0.207 e. The summed E-state index contributed by atoms with van der Waals surface area (Å²) in [6, 6.07) is 7.93. The van der Waals surface area contributed by atoms with Crippen LogP contribution in [0.1, 0.15) is 26.3 Å². The van der Waals surface area contributed by atoms with Crippen LogP contribution in [0.3, 0.4) is 0 Å². The Bertz CT molecular complexity index is 530. The minimum atomic E-state index is -3.50. The zero-order chi connectivity index (χ0) is 13.1. The van der Waals surface area contributed by atoms with Crippen LogP contribution in [0.2, 0.25) is 0 Å². The first kappa shape index (κ1) is 13.7. The van der Waals surface area contributed by atoms with Crippen molar-refractivity contribution in [1.82, 2.24) is 4.31 Å². The number of hydrogen-bond donors (Lipinski definition) is 0. The van der Waals surface area contributed by atoms with E-state index in [0.717, 1.165) is 0 Å². The van der Waals surface area contributed by atoms with Crippen LogP contribution < -0.4 is 0 Å². The van der Waals surface area contributed by atoms with Crippen molar-refractivity contribution in [2.24, 2.45) is 0 Å². The highest BCUT2D eigenvalue weighted by atomic mass is 32.2. The molecule has 17 heavy (non-hydrogen) atoms. The second-order valence-electron chi connectivity index (χ2n) is 3.94. The highest BCUT2D eigenvalue weighted by Gasteiger charge is 2.25. The van der Waals surface area contributed by atoms with Crippen molar-refractivity contribution < 1.29 is 8.42 Å². The van der Waals surface area contributed by atoms with Gasteiger partial charge in [-0.1, -0.05) is 13.0 Å². The van der Waals surface area contributed by atoms with Crippen LogP contribution in [0.15, 0.2) is 29.2 Å². The monoisotopic (exact) mass is 252 g/mol. The maximum atomic E-state index is 12.3. The summed E-state index contributed by atoms with van der Waals surface area (Å²) in [6.07, 6.45) is 0. The number of sulfonamides is 1. The van der Waals surface area contributed by atoms with Gasteiger partial charge in [0.2, 0.25) is 10.0 Å². The second-order valence-corrected chi connectivity index (χ2v) is 5.83. The lowest BCUT2D eigenvalue weighted by molar-refractivity contribution is 0.369. The summed E-state index contributed by atoms with van der Waals surface area (Å²) in [7, 11) is -3.50. The Labute approximate surface area is 103 Å². The summed E-state index contributed by atoms with van der Waals surface area (Å²) >= 11 is 0. The summed E-state index contributed by atoms with van der Waals surface area (Å²) in [5, 5.41) is 8.77. The molecule has 0 aliphatic heterocycles. The zero-order valence-corrected chi connectivity index (χ0v) is 11.0. The van der Waals surface area contributed by atoms with Gasteiger partial charge in [-0.3, -0.25) is 0 Å². The molecule has 0 spiro atoms. The van der Waals surface area contributed by atoms with Crippen molar-refractivity contribution in [2.75, 3.05) is 6.54 Å². The van der Waals surface area contributed by atoms with Crippen LogP contribution >= 0.6 is 0 Å². The Kier molecular flexibility index (Phi) is 4.27. The van der Waals surface area contributed by atoms with Crippen LogP contribution in [-0.2, 0) is 10.0 Å². The molecule has 0 bridgehead atoms. The molecule has 0 saturated carbocycles. The molecular formula is C12H16N2O2S. The molecule has 0 heterocycles.